The summed E-state index contributed by atoms with van der Waals surface area (Å²) >= 11 is 0. The van der Waals surface area contributed by atoms with E-state index in [1.165, 1.54) is 12.8 Å². The Kier molecular flexibility index (Phi) is 8.99. The minimum absolute atomic E-state index is 0. The zero-order chi connectivity index (χ0) is 12.3. The molecule has 2 rings (SSSR count). The van der Waals surface area contributed by atoms with Gasteiger partial charge in [-0.2, -0.15) is 0 Å². The van der Waals surface area contributed by atoms with Crippen molar-refractivity contribution >= 4 is 30.7 Å². The Morgan fingerprint density at radius 2 is 1.79 bits per heavy atom. The van der Waals surface area contributed by atoms with Gasteiger partial charge in [-0.1, -0.05) is 6.92 Å². The third-order valence-corrected chi connectivity index (χ3v) is 3.90. The molecular weight excluding hydrogens is 285 g/mol. The molecule has 1 amide bonds. The Morgan fingerprint density at radius 1 is 1.21 bits per heavy atom. The van der Waals surface area contributed by atoms with Crippen LogP contribution in [-0.4, -0.2) is 49.6 Å². The highest BCUT2D eigenvalue weighted by Crippen LogP contribution is 2.29. The van der Waals surface area contributed by atoms with Crippen LogP contribution in [0.2, 0.25) is 0 Å². The van der Waals surface area contributed by atoms with Crippen molar-refractivity contribution in [3.8, 4) is 0 Å². The zero-order valence-corrected chi connectivity index (χ0v) is 13.5. The van der Waals surface area contributed by atoms with Gasteiger partial charge in [0.05, 0.1) is 0 Å². The normalized spacial score (nSPS) is 22.0. The van der Waals surface area contributed by atoms with Crippen LogP contribution in [-0.2, 0) is 4.79 Å². The summed E-state index contributed by atoms with van der Waals surface area (Å²) in [4.78, 5) is 14.4. The van der Waals surface area contributed by atoms with Crippen LogP contribution >= 0.6 is 24.8 Å². The number of carbonyl (C=O) groups excluding carboxylic acids is 1. The second-order valence-corrected chi connectivity index (χ2v) is 5.51. The van der Waals surface area contributed by atoms with Crippen molar-refractivity contribution in [2.45, 2.75) is 44.7 Å². The van der Waals surface area contributed by atoms with Gasteiger partial charge in [-0.05, 0) is 32.7 Å². The zero-order valence-electron chi connectivity index (χ0n) is 11.9. The summed E-state index contributed by atoms with van der Waals surface area (Å²) in [5.74, 6) is 0.269. The lowest BCUT2D eigenvalue weighted by Gasteiger charge is -2.32. The molecule has 0 bridgehead atoms. The third-order valence-electron chi connectivity index (χ3n) is 3.90. The summed E-state index contributed by atoms with van der Waals surface area (Å²) in [5, 5.41) is 6.22. The molecule has 0 spiro atoms. The van der Waals surface area contributed by atoms with E-state index < -0.39 is 0 Å². The minimum atomic E-state index is 0. The molecule has 114 valence electrons. The topological polar surface area (TPSA) is 44.4 Å². The predicted molar refractivity (Wildman–Crippen MR) is 83.3 cm³/mol. The fourth-order valence-electron chi connectivity index (χ4n) is 2.59. The number of amides is 1. The molecule has 1 saturated carbocycles. The Balaban J connectivity index is 0.00000162. The van der Waals surface area contributed by atoms with Crippen LogP contribution in [0.5, 0.6) is 0 Å². The highest BCUT2D eigenvalue weighted by molar-refractivity contribution is 5.85. The summed E-state index contributed by atoms with van der Waals surface area (Å²) in [7, 11) is 1.89. The number of rotatable bonds is 5. The first kappa shape index (κ1) is 19.0. The molecule has 1 unspecified atom stereocenters. The first-order valence-electron chi connectivity index (χ1n) is 6.89. The van der Waals surface area contributed by atoms with Crippen LogP contribution in [0.4, 0.5) is 0 Å². The lowest BCUT2D eigenvalue weighted by atomic mass is 10.0. The number of likely N-dealkylation sites (tertiary alicyclic amines) is 1. The van der Waals surface area contributed by atoms with Crippen LogP contribution in [0.25, 0.3) is 0 Å². The molecule has 6 heteroatoms. The Bertz CT molecular complexity index is 267. The average molecular weight is 312 g/mol. The monoisotopic (exact) mass is 311 g/mol. The maximum Gasteiger partial charge on any atom is 0.224 e. The molecule has 1 heterocycles. The molecule has 0 radical (unpaired) electrons. The number of hydrogen-bond donors (Lipinski definition) is 2. The number of hydrogen-bond acceptors (Lipinski definition) is 3. The molecule has 1 saturated heterocycles. The highest BCUT2D eigenvalue weighted by Gasteiger charge is 2.32. The lowest BCUT2D eigenvalue weighted by molar-refractivity contribution is -0.125. The molecule has 4 nitrogen and oxygen atoms in total. The Morgan fingerprint density at radius 3 is 2.26 bits per heavy atom. The van der Waals surface area contributed by atoms with E-state index in [-0.39, 0.29) is 36.6 Å². The number of piperidine rings is 1. The van der Waals surface area contributed by atoms with Crippen LogP contribution < -0.4 is 10.6 Å². The standard InChI is InChI=1S/C13H25N3O.2ClH/c1-10(9-14-2)13(17)15-11-5-7-16(8-6-11)12-3-4-12;;/h10-12,14H,3-9H2,1-2H3,(H,15,17);2*1H. The van der Waals surface area contributed by atoms with Crippen LogP contribution in [0.3, 0.4) is 0 Å². The summed E-state index contributed by atoms with van der Waals surface area (Å²) in [6.07, 6.45) is 5.01. The molecule has 0 aromatic heterocycles. The van der Waals surface area contributed by atoms with Gasteiger partial charge in [-0.25, -0.2) is 0 Å². The smallest absolute Gasteiger partial charge is 0.224 e. The highest BCUT2D eigenvalue weighted by atomic mass is 35.5. The molecule has 0 aromatic rings. The third kappa shape index (κ3) is 5.86. The van der Waals surface area contributed by atoms with Crippen molar-refractivity contribution in [3.05, 3.63) is 0 Å². The van der Waals surface area contributed by atoms with Crippen molar-refractivity contribution in [2.75, 3.05) is 26.7 Å². The Hall–Kier alpha value is -0.0300. The average Bonchev–Trinajstić information content (AvgIpc) is 3.14. The summed E-state index contributed by atoms with van der Waals surface area (Å²) in [6.45, 7) is 5.06. The van der Waals surface area contributed by atoms with E-state index in [4.69, 9.17) is 0 Å². The van der Waals surface area contributed by atoms with Gasteiger partial charge in [0.15, 0.2) is 0 Å². The van der Waals surface area contributed by atoms with Gasteiger partial charge >= 0.3 is 0 Å². The maximum atomic E-state index is 11.9. The van der Waals surface area contributed by atoms with Crippen LogP contribution in [0.15, 0.2) is 0 Å². The maximum absolute atomic E-state index is 11.9. The minimum Gasteiger partial charge on any atom is -0.353 e. The van der Waals surface area contributed by atoms with Gasteiger partial charge in [0.1, 0.15) is 0 Å². The fraction of sp³-hybridized carbons (Fsp3) is 0.923. The quantitative estimate of drug-likeness (QED) is 0.807. The van der Waals surface area contributed by atoms with Gasteiger partial charge in [0, 0.05) is 37.6 Å². The first-order valence-corrected chi connectivity index (χ1v) is 6.89. The second-order valence-electron chi connectivity index (χ2n) is 5.51. The fourth-order valence-corrected chi connectivity index (χ4v) is 2.59. The molecule has 0 aromatic carbocycles. The van der Waals surface area contributed by atoms with E-state index in [2.05, 4.69) is 15.5 Å². The van der Waals surface area contributed by atoms with Gasteiger partial charge in [0.25, 0.3) is 0 Å². The van der Waals surface area contributed by atoms with Crippen molar-refractivity contribution in [2.24, 2.45) is 5.92 Å². The van der Waals surface area contributed by atoms with Gasteiger partial charge < -0.3 is 15.5 Å². The van der Waals surface area contributed by atoms with E-state index >= 15 is 0 Å². The number of carbonyl (C=O) groups is 1. The van der Waals surface area contributed by atoms with E-state index in [9.17, 15) is 4.79 Å². The van der Waals surface area contributed by atoms with Gasteiger partial charge in [0.2, 0.25) is 5.91 Å². The molecular formula is C13H27Cl2N3O. The molecule has 1 aliphatic carbocycles. The second kappa shape index (κ2) is 9.01. The first-order chi connectivity index (χ1) is 8.20. The van der Waals surface area contributed by atoms with Gasteiger partial charge in [-0.3, -0.25) is 4.79 Å². The summed E-state index contributed by atoms with van der Waals surface area (Å²) in [6, 6.07) is 1.27. The van der Waals surface area contributed by atoms with Gasteiger partial charge in [-0.15, -0.1) is 24.8 Å². The molecule has 19 heavy (non-hydrogen) atoms. The predicted octanol–water partition coefficient (Wildman–Crippen LogP) is 1.43. The molecule has 2 N–H and O–H groups in total. The SMILES string of the molecule is CNCC(C)C(=O)NC1CCN(C2CC2)CC1.Cl.Cl. The molecule has 2 aliphatic rings. The van der Waals surface area contributed by atoms with E-state index in [1.807, 2.05) is 14.0 Å². The van der Waals surface area contributed by atoms with Crippen molar-refractivity contribution < 1.29 is 4.79 Å². The van der Waals surface area contributed by atoms with E-state index in [0.29, 0.717) is 6.04 Å². The number of nitrogens with zero attached hydrogens (tertiary/aromatic N) is 1. The number of nitrogens with one attached hydrogen (secondary N) is 2. The largest absolute Gasteiger partial charge is 0.353 e. The molecule has 1 aliphatic heterocycles. The summed E-state index contributed by atoms with van der Waals surface area (Å²) < 4.78 is 0. The van der Waals surface area contributed by atoms with Crippen LogP contribution in [0.1, 0.15) is 32.6 Å². The lowest BCUT2D eigenvalue weighted by Crippen LogP contribution is -2.47. The Labute approximate surface area is 128 Å². The van der Waals surface area contributed by atoms with E-state index in [0.717, 1.165) is 38.5 Å². The van der Waals surface area contributed by atoms with Crippen molar-refractivity contribution in [1.82, 2.24) is 15.5 Å². The summed E-state index contributed by atoms with van der Waals surface area (Å²) in [5.41, 5.74) is 0. The van der Waals surface area contributed by atoms with Crippen molar-refractivity contribution in [3.63, 3.8) is 0 Å². The number of halogens is 2. The van der Waals surface area contributed by atoms with Crippen LogP contribution in [0, 0.1) is 5.92 Å². The van der Waals surface area contributed by atoms with E-state index in [1.54, 1.807) is 0 Å². The molecule has 1 atom stereocenters. The molecule has 2 fully saturated rings. The van der Waals surface area contributed by atoms with Crippen molar-refractivity contribution in [1.29, 1.82) is 0 Å².